The number of nitrogens with one attached hydrogen (secondary N) is 1. The minimum atomic E-state index is -0.388. The summed E-state index contributed by atoms with van der Waals surface area (Å²) in [6.07, 6.45) is 1.08. The molecule has 0 saturated carbocycles. The zero-order valence-corrected chi connectivity index (χ0v) is 9.68. The molecule has 0 aromatic heterocycles. The van der Waals surface area contributed by atoms with Crippen molar-refractivity contribution >= 4 is 21.8 Å². The molecule has 0 saturated heterocycles. The van der Waals surface area contributed by atoms with E-state index in [2.05, 4.69) is 15.9 Å². The first-order chi connectivity index (χ1) is 7.09. The molecule has 3 N–H and O–H groups in total. The Labute approximate surface area is 96.1 Å². The molecule has 82 valence electrons. The molecule has 1 aromatic rings. The molecule has 0 amide bonds. The van der Waals surface area contributed by atoms with Crippen molar-refractivity contribution in [1.82, 2.24) is 0 Å². The monoisotopic (exact) mass is 274 g/mol. The van der Waals surface area contributed by atoms with E-state index in [4.69, 9.17) is 15.9 Å². The summed E-state index contributed by atoms with van der Waals surface area (Å²) in [6, 6.07) is 4.52. The van der Waals surface area contributed by atoms with Gasteiger partial charge in [0, 0.05) is 10.9 Å². The van der Waals surface area contributed by atoms with E-state index < -0.39 is 0 Å². The van der Waals surface area contributed by atoms with Crippen LogP contribution in [0.2, 0.25) is 0 Å². The van der Waals surface area contributed by atoms with Crippen molar-refractivity contribution in [2.45, 2.75) is 12.8 Å². The lowest BCUT2D eigenvalue weighted by Crippen LogP contribution is -2.11. The molecule has 15 heavy (non-hydrogen) atoms. The minimum Gasteiger partial charge on any atom is -0.490 e. The molecular weight excluding hydrogens is 263 g/mol. The van der Waals surface area contributed by atoms with Crippen molar-refractivity contribution < 1.29 is 9.13 Å². The van der Waals surface area contributed by atoms with Gasteiger partial charge in [-0.05, 0) is 24.6 Å². The second-order valence-electron chi connectivity index (χ2n) is 3.05. The maximum absolute atomic E-state index is 13.1. The molecule has 0 bridgehead atoms. The van der Waals surface area contributed by atoms with Crippen LogP contribution in [0, 0.1) is 11.2 Å². The highest BCUT2D eigenvalue weighted by atomic mass is 79.9. The van der Waals surface area contributed by atoms with Gasteiger partial charge >= 0.3 is 0 Å². The quantitative estimate of drug-likeness (QED) is 0.493. The van der Waals surface area contributed by atoms with Gasteiger partial charge in [-0.2, -0.15) is 0 Å². The highest BCUT2D eigenvalue weighted by Gasteiger charge is 2.03. The lowest BCUT2D eigenvalue weighted by atomic mass is 10.3. The van der Waals surface area contributed by atoms with E-state index in [1.54, 1.807) is 12.1 Å². The van der Waals surface area contributed by atoms with E-state index in [1.807, 2.05) is 0 Å². The SMILES string of the molecule is N=C(N)CCCOc1cc(Br)ccc1F. The van der Waals surface area contributed by atoms with Crippen LogP contribution in [0.5, 0.6) is 5.75 Å². The summed E-state index contributed by atoms with van der Waals surface area (Å²) in [4.78, 5) is 0. The number of halogens is 2. The summed E-state index contributed by atoms with van der Waals surface area (Å²) >= 11 is 3.23. The van der Waals surface area contributed by atoms with Gasteiger partial charge in [0.05, 0.1) is 12.4 Å². The summed E-state index contributed by atoms with van der Waals surface area (Å²) in [5, 5.41) is 6.99. The third-order valence-electron chi connectivity index (χ3n) is 1.74. The van der Waals surface area contributed by atoms with Crippen LogP contribution in [0.3, 0.4) is 0 Å². The topological polar surface area (TPSA) is 59.1 Å². The Bertz CT molecular complexity index is 357. The fourth-order valence-corrected chi connectivity index (χ4v) is 1.37. The molecule has 0 spiro atoms. The standard InChI is InChI=1S/C10H12BrFN2O/c11-7-3-4-8(12)9(6-7)15-5-1-2-10(13)14/h3-4,6H,1-2,5H2,(H3,13,14). The molecule has 1 aromatic carbocycles. The van der Waals surface area contributed by atoms with Crippen molar-refractivity contribution in [1.29, 1.82) is 5.41 Å². The molecule has 0 aliphatic heterocycles. The predicted molar refractivity (Wildman–Crippen MR) is 60.7 cm³/mol. The first-order valence-electron chi connectivity index (χ1n) is 4.50. The molecule has 0 heterocycles. The van der Waals surface area contributed by atoms with Crippen molar-refractivity contribution in [3.8, 4) is 5.75 Å². The summed E-state index contributed by atoms with van der Waals surface area (Å²) in [6.45, 7) is 0.354. The van der Waals surface area contributed by atoms with Crippen molar-refractivity contribution in [2.75, 3.05) is 6.61 Å². The van der Waals surface area contributed by atoms with Crippen LogP contribution >= 0.6 is 15.9 Å². The van der Waals surface area contributed by atoms with Crippen LogP contribution in [0.25, 0.3) is 0 Å². The number of ether oxygens (including phenoxy) is 1. The average molecular weight is 275 g/mol. The fraction of sp³-hybridized carbons (Fsp3) is 0.300. The van der Waals surface area contributed by atoms with Crippen molar-refractivity contribution in [2.24, 2.45) is 5.73 Å². The second-order valence-corrected chi connectivity index (χ2v) is 3.97. The molecule has 5 heteroatoms. The number of amidine groups is 1. The summed E-state index contributed by atoms with van der Waals surface area (Å²) in [7, 11) is 0. The highest BCUT2D eigenvalue weighted by molar-refractivity contribution is 9.10. The van der Waals surface area contributed by atoms with E-state index in [0.29, 0.717) is 19.4 Å². The number of hydrogen-bond acceptors (Lipinski definition) is 2. The third-order valence-corrected chi connectivity index (χ3v) is 2.23. The zero-order valence-electron chi connectivity index (χ0n) is 8.09. The van der Waals surface area contributed by atoms with Gasteiger partial charge in [-0.3, -0.25) is 5.41 Å². The minimum absolute atomic E-state index is 0.119. The third kappa shape index (κ3) is 4.29. The van der Waals surface area contributed by atoms with E-state index in [1.165, 1.54) is 6.07 Å². The Morgan fingerprint density at radius 3 is 2.93 bits per heavy atom. The zero-order chi connectivity index (χ0) is 11.3. The first kappa shape index (κ1) is 12.0. The largest absolute Gasteiger partial charge is 0.490 e. The molecule has 0 unspecified atom stereocenters. The van der Waals surface area contributed by atoms with Gasteiger partial charge in [0.2, 0.25) is 0 Å². The number of hydrogen-bond donors (Lipinski definition) is 2. The molecule has 1 rings (SSSR count). The summed E-state index contributed by atoms with van der Waals surface area (Å²) in [5.41, 5.74) is 5.17. The second kappa shape index (κ2) is 5.70. The van der Waals surface area contributed by atoms with Crippen LogP contribution in [0.4, 0.5) is 4.39 Å². The fourth-order valence-electron chi connectivity index (χ4n) is 1.03. The maximum Gasteiger partial charge on any atom is 0.165 e. The van der Waals surface area contributed by atoms with Crippen LogP contribution in [0.1, 0.15) is 12.8 Å². The van der Waals surface area contributed by atoms with Gasteiger partial charge in [0.15, 0.2) is 11.6 Å². The Morgan fingerprint density at radius 2 is 2.27 bits per heavy atom. The lowest BCUT2D eigenvalue weighted by Gasteiger charge is -2.06. The van der Waals surface area contributed by atoms with Crippen molar-refractivity contribution in [3.63, 3.8) is 0 Å². The molecule has 3 nitrogen and oxygen atoms in total. The Kier molecular flexibility index (Phi) is 4.55. The molecule has 0 aliphatic rings. The van der Waals surface area contributed by atoms with Gasteiger partial charge in [0.25, 0.3) is 0 Å². The smallest absolute Gasteiger partial charge is 0.165 e. The number of benzene rings is 1. The molecule has 0 radical (unpaired) electrons. The maximum atomic E-state index is 13.1. The van der Waals surface area contributed by atoms with Crippen LogP contribution in [-0.4, -0.2) is 12.4 Å². The van der Waals surface area contributed by atoms with E-state index >= 15 is 0 Å². The van der Waals surface area contributed by atoms with Gasteiger partial charge in [0.1, 0.15) is 0 Å². The summed E-state index contributed by atoms with van der Waals surface area (Å²) < 4.78 is 19.1. The Hall–Kier alpha value is -1.10. The van der Waals surface area contributed by atoms with E-state index in [-0.39, 0.29) is 17.4 Å². The number of rotatable bonds is 5. The molecule has 0 aliphatic carbocycles. The van der Waals surface area contributed by atoms with Crippen LogP contribution in [0.15, 0.2) is 22.7 Å². The van der Waals surface area contributed by atoms with Crippen molar-refractivity contribution in [3.05, 3.63) is 28.5 Å². The van der Waals surface area contributed by atoms with Crippen LogP contribution in [-0.2, 0) is 0 Å². The average Bonchev–Trinajstić information content (AvgIpc) is 2.17. The molecule has 0 atom stereocenters. The first-order valence-corrected chi connectivity index (χ1v) is 5.29. The van der Waals surface area contributed by atoms with Gasteiger partial charge in [-0.15, -0.1) is 0 Å². The lowest BCUT2D eigenvalue weighted by molar-refractivity contribution is 0.297. The highest BCUT2D eigenvalue weighted by Crippen LogP contribution is 2.22. The van der Waals surface area contributed by atoms with Gasteiger partial charge in [-0.25, -0.2) is 4.39 Å². The summed E-state index contributed by atoms with van der Waals surface area (Å²) in [5.74, 6) is -0.0535. The molecular formula is C10H12BrFN2O. The van der Waals surface area contributed by atoms with E-state index in [9.17, 15) is 4.39 Å². The Morgan fingerprint density at radius 1 is 1.53 bits per heavy atom. The normalized spacial score (nSPS) is 10.0. The molecule has 0 fully saturated rings. The predicted octanol–water partition coefficient (Wildman–Crippen LogP) is 2.68. The van der Waals surface area contributed by atoms with Gasteiger partial charge < -0.3 is 10.5 Å². The van der Waals surface area contributed by atoms with Crippen LogP contribution < -0.4 is 10.5 Å². The van der Waals surface area contributed by atoms with Gasteiger partial charge in [-0.1, -0.05) is 15.9 Å². The van der Waals surface area contributed by atoms with E-state index in [0.717, 1.165) is 4.47 Å². The Balaban J connectivity index is 2.43. The number of nitrogens with two attached hydrogens (primary N) is 1.